The van der Waals surface area contributed by atoms with Gasteiger partial charge < -0.3 is 4.90 Å². The van der Waals surface area contributed by atoms with E-state index in [1.54, 1.807) is 0 Å². The molecule has 0 radical (unpaired) electrons. The molecule has 1 aliphatic carbocycles. The molecule has 0 aromatic heterocycles. The molecule has 0 spiro atoms. The maximum absolute atomic E-state index is 12.1. The second-order valence-electron chi connectivity index (χ2n) is 5.12. The van der Waals surface area contributed by atoms with Crippen LogP contribution < -0.4 is 5.32 Å². The van der Waals surface area contributed by atoms with Crippen LogP contribution in [0.2, 0.25) is 0 Å². The predicted molar refractivity (Wildman–Crippen MR) is 60.9 cm³/mol. The van der Waals surface area contributed by atoms with Crippen LogP contribution in [0.5, 0.6) is 0 Å². The van der Waals surface area contributed by atoms with Crippen LogP contribution in [0, 0.1) is 11.8 Å². The lowest BCUT2D eigenvalue weighted by Gasteiger charge is -2.32. The minimum atomic E-state index is -0.376. The molecule has 0 aromatic rings. The Balaban J connectivity index is 1.95. The maximum Gasteiger partial charge on any atom is 0.246 e. The highest BCUT2D eigenvalue weighted by Crippen LogP contribution is 2.29. The van der Waals surface area contributed by atoms with Crippen molar-refractivity contribution < 1.29 is 14.4 Å². The Kier molecular flexibility index (Phi) is 3.45. The molecule has 1 N–H and O–H groups in total. The average molecular weight is 238 g/mol. The number of imide groups is 1. The molecule has 2 fully saturated rings. The number of carbonyl (C=O) groups excluding carboxylic acids is 3. The SMILES string of the molecule is CC1CCC(C(=O)N2CC(=O)NC(=O)C2)CC1. The highest BCUT2D eigenvalue weighted by molar-refractivity contribution is 6.02. The van der Waals surface area contributed by atoms with Gasteiger partial charge in [-0.2, -0.15) is 0 Å². The zero-order chi connectivity index (χ0) is 12.4. The Morgan fingerprint density at radius 1 is 1.12 bits per heavy atom. The van der Waals surface area contributed by atoms with Crippen molar-refractivity contribution in [1.82, 2.24) is 10.2 Å². The summed E-state index contributed by atoms with van der Waals surface area (Å²) in [5.41, 5.74) is 0. The number of piperazine rings is 1. The second-order valence-corrected chi connectivity index (χ2v) is 5.12. The minimum Gasteiger partial charge on any atom is -0.324 e. The zero-order valence-corrected chi connectivity index (χ0v) is 10.1. The van der Waals surface area contributed by atoms with Gasteiger partial charge in [-0.05, 0) is 31.6 Å². The molecule has 17 heavy (non-hydrogen) atoms. The first-order valence-electron chi connectivity index (χ1n) is 6.17. The summed E-state index contributed by atoms with van der Waals surface area (Å²) in [5.74, 6) is -0.0899. The van der Waals surface area contributed by atoms with Crippen LogP contribution in [0.15, 0.2) is 0 Å². The first kappa shape index (κ1) is 12.1. The molecule has 2 rings (SSSR count). The second kappa shape index (κ2) is 4.85. The molecule has 5 nitrogen and oxygen atoms in total. The average Bonchev–Trinajstić information content (AvgIpc) is 2.28. The molecule has 2 aliphatic rings. The van der Waals surface area contributed by atoms with E-state index in [1.165, 1.54) is 4.90 Å². The molecule has 0 bridgehead atoms. The van der Waals surface area contributed by atoms with Gasteiger partial charge in [0.15, 0.2) is 0 Å². The zero-order valence-electron chi connectivity index (χ0n) is 10.1. The number of amides is 3. The summed E-state index contributed by atoms with van der Waals surface area (Å²) in [5, 5.41) is 2.20. The van der Waals surface area contributed by atoms with E-state index >= 15 is 0 Å². The van der Waals surface area contributed by atoms with E-state index in [1.807, 2.05) is 0 Å². The van der Waals surface area contributed by atoms with Crippen molar-refractivity contribution in [3.8, 4) is 0 Å². The van der Waals surface area contributed by atoms with Crippen LogP contribution >= 0.6 is 0 Å². The quantitative estimate of drug-likeness (QED) is 0.668. The van der Waals surface area contributed by atoms with E-state index in [4.69, 9.17) is 0 Å². The van der Waals surface area contributed by atoms with Crippen LogP contribution in [0.3, 0.4) is 0 Å². The summed E-state index contributed by atoms with van der Waals surface area (Å²) in [6.07, 6.45) is 3.88. The van der Waals surface area contributed by atoms with Gasteiger partial charge in [-0.3, -0.25) is 19.7 Å². The van der Waals surface area contributed by atoms with Crippen molar-refractivity contribution in [3.63, 3.8) is 0 Å². The normalized spacial score (nSPS) is 30.1. The van der Waals surface area contributed by atoms with Gasteiger partial charge in [0.05, 0.1) is 0 Å². The summed E-state index contributed by atoms with van der Waals surface area (Å²) in [4.78, 5) is 35.9. The van der Waals surface area contributed by atoms with Crippen molar-refractivity contribution in [2.24, 2.45) is 11.8 Å². The highest BCUT2D eigenvalue weighted by atomic mass is 16.2. The molecular weight excluding hydrogens is 220 g/mol. The van der Waals surface area contributed by atoms with Crippen LogP contribution in [0.4, 0.5) is 0 Å². The Morgan fingerprint density at radius 3 is 2.18 bits per heavy atom. The molecule has 0 atom stereocenters. The van der Waals surface area contributed by atoms with E-state index in [9.17, 15) is 14.4 Å². The van der Waals surface area contributed by atoms with Gasteiger partial charge in [0.25, 0.3) is 0 Å². The first-order valence-corrected chi connectivity index (χ1v) is 6.17. The van der Waals surface area contributed by atoms with Gasteiger partial charge in [0, 0.05) is 5.92 Å². The Hall–Kier alpha value is -1.39. The number of hydrogen-bond donors (Lipinski definition) is 1. The lowest BCUT2D eigenvalue weighted by Crippen LogP contribution is -2.54. The number of nitrogens with zero attached hydrogens (tertiary/aromatic N) is 1. The van der Waals surface area contributed by atoms with Gasteiger partial charge in [-0.1, -0.05) is 6.92 Å². The van der Waals surface area contributed by atoms with E-state index < -0.39 is 0 Å². The Morgan fingerprint density at radius 2 is 1.65 bits per heavy atom. The molecule has 0 aromatic carbocycles. The monoisotopic (exact) mass is 238 g/mol. The van der Waals surface area contributed by atoms with E-state index in [0.717, 1.165) is 25.7 Å². The summed E-state index contributed by atoms with van der Waals surface area (Å²) in [6.45, 7) is 2.24. The third-order valence-corrected chi connectivity index (χ3v) is 3.62. The van der Waals surface area contributed by atoms with Crippen molar-refractivity contribution in [2.75, 3.05) is 13.1 Å². The molecule has 0 unspecified atom stereocenters. The highest BCUT2D eigenvalue weighted by Gasteiger charge is 2.32. The lowest BCUT2D eigenvalue weighted by atomic mass is 9.82. The third kappa shape index (κ3) is 2.84. The number of nitrogens with one attached hydrogen (secondary N) is 1. The molecule has 1 saturated carbocycles. The Bertz CT molecular complexity index is 330. The van der Waals surface area contributed by atoms with Crippen molar-refractivity contribution in [2.45, 2.75) is 32.6 Å². The smallest absolute Gasteiger partial charge is 0.246 e. The maximum atomic E-state index is 12.1. The number of hydrogen-bond acceptors (Lipinski definition) is 3. The molecule has 1 heterocycles. The fourth-order valence-corrected chi connectivity index (χ4v) is 2.56. The summed E-state index contributed by atoms with van der Waals surface area (Å²) in [6, 6.07) is 0. The van der Waals surface area contributed by atoms with Gasteiger partial charge in [-0.25, -0.2) is 0 Å². The first-order chi connectivity index (χ1) is 8.06. The van der Waals surface area contributed by atoms with Crippen LogP contribution in [0.25, 0.3) is 0 Å². The number of carbonyl (C=O) groups is 3. The van der Waals surface area contributed by atoms with Crippen LogP contribution in [-0.4, -0.2) is 35.7 Å². The Labute approximate surface area is 101 Å². The summed E-state index contributed by atoms with van der Waals surface area (Å²) in [7, 11) is 0. The van der Waals surface area contributed by atoms with E-state index in [2.05, 4.69) is 12.2 Å². The van der Waals surface area contributed by atoms with E-state index in [-0.39, 0.29) is 36.7 Å². The topological polar surface area (TPSA) is 66.5 Å². The fourth-order valence-electron chi connectivity index (χ4n) is 2.56. The molecule has 1 aliphatic heterocycles. The van der Waals surface area contributed by atoms with Crippen molar-refractivity contribution >= 4 is 17.7 Å². The van der Waals surface area contributed by atoms with Gasteiger partial charge in [0.2, 0.25) is 17.7 Å². The largest absolute Gasteiger partial charge is 0.324 e. The molecular formula is C12H18N2O3. The molecule has 5 heteroatoms. The van der Waals surface area contributed by atoms with Gasteiger partial charge in [-0.15, -0.1) is 0 Å². The molecule has 1 saturated heterocycles. The van der Waals surface area contributed by atoms with Crippen molar-refractivity contribution in [3.05, 3.63) is 0 Å². The van der Waals surface area contributed by atoms with Gasteiger partial charge >= 0.3 is 0 Å². The molecule has 3 amide bonds. The number of rotatable bonds is 1. The summed E-state index contributed by atoms with van der Waals surface area (Å²) < 4.78 is 0. The standard InChI is InChI=1S/C12H18N2O3/c1-8-2-4-9(5-3-8)12(17)14-6-10(15)13-11(16)7-14/h8-9H,2-7H2,1H3,(H,13,15,16). The minimum absolute atomic E-state index is 0.00454. The van der Waals surface area contributed by atoms with Gasteiger partial charge in [0.1, 0.15) is 13.1 Å². The molecule has 94 valence electrons. The fraction of sp³-hybridized carbons (Fsp3) is 0.750. The van der Waals surface area contributed by atoms with Crippen LogP contribution in [0.1, 0.15) is 32.6 Å². The lowest BCUT2D eigenvalue weighted by molar-refractivity contribution is -0.148. The van der Waals surface area contributed by atoms with E-state index in [0.29, 0.717) is 5.92 Å². The summed E-state index contributed by atoms with van der Waals surface area (Å²) >= 11 is 0. The van der Waals surface area contributed by atoms with Crippen LogP contribution in [-0.2, 0) is 14.4 Å². The van der Waals surface area contributed by atoms with Crippen molar-refractivity contribution in [1.29, 1.82) is 0 Å². The third-order valence-electron chi connectivity index (χ3n) is 3.62. The predicted octanol–water partition coefficient (Wildman–Crippen LogP) is 0.298.